The standard InChI is InChI=1S/C17H20O4/c1-16-6-3-7-17(2,15(20)21)14(16)9-13(19)11-8-10(18)4-5-12(11)16/h4-5,8,14,18H,3,6-7,9H2,1-2H3,(H,20,21). The van der Waals surface area contributed by atoms with Crippen molar-refractivity contribution in [2.24, 2.45) is 11.3 Å². The molecule has 0 heterocycles. The second kappa shape index (κ2) is 4.33. The first kappa shape index (κ1) is 14.1. The van der Waals surface area contributed by atoms with E-state index in [9.17, 15) is 19.8 Å². The molecule has 21 heavy (non-hydrogen) atoms. The molecule has 0 amide bonds. The Morgan fingerprint density at radius 3 is 2.67 bits per heavy atom. The van der Waals surface area contributed by atoms with Gasteiger partial charge in [0.15, 0.2) is 5.78 Å². The first-order valence-corrected chi connectivity index (χ1v) is 7.39. The second-order valence-corrected chi connectivity index (χ2v) is 6.90. The minimum atomic E-state index is -0.863. The molecule has 112 valence electrons. The van der Waals surface area contributed by atoms with Crippen LogP contribution in [0.3, 0.4) is 0 Å². The van der Waals surface area contributed by atoms with E-state index in [-0.39, 0.29) is 29.3 Å². The zero-order chi connectivity index (χ0) is 15.4. The molecule has 0 radical (unpaired) electrons. The van der Waals surface area contributed by atoms with Crippen molar-refractivity contribution in [3.8, 4) is 5.75 Å². The van der Waals surface area contributed by atoms with E-state index in [1.165, 1.54) is 6.07 Å². The molecule has 0 aromatic heterocycles. The lowest BCUT2D eigenvalue weighted by Gasteiger charge is -2.53. The summed E-state index contributed by atoms with van der Waals surface area (Å²) >= 11 is 0. The van der Waals surface area contributed by atoms with Crippen LogP contribution in [0.25, 0.3) is 0 Å². The Morgan fingerprint density at radius 2 is 2.00 bits per heavy atom. The number of ketones is 1. The number of phenols is 1. The van der Waals surface area contributed by atoms with Gasteiger partial charge in [-0.3, -0.25) is 9.59 Å². The summed E-state index contributed by atoms with van der Waals surface area (Å²) in [5.41, 5.74) is 0.276. The van der Waals surface area contributed by atoms with E-state index in [1.807, 2.05) is 0 Å². The zero-order valence-electron chi connectivity index (χ0n) is 12.3. The fourth-order valence-electron chi connectivity index (χ4n) is 4.46. The highest BCUT2D eigenvalue weighted by Gasteiger charge is 2.56. The molecule has 2 aliphatic rings. The van der Waals surface area contributed by atoms with Gasteiger partial charge in [0.05, 0.1) is 5.41 Å². The van der Waals surface area contributed by atoms with Gasteiger partial charge in [-0.25, -0.2) is 0 Å². The van der Waals surface area contributed by atoms with Crippen LogP contribution < -0.4 is 0 Å². The highest BCUT2D eigenvalue weighted by atomic mass is 16.4. The molecule has 0 saturated heterocycles. The summed E-state index contributed by atoms with van der Waals surface area (Å²) in [7, 11) is 0. The van der Waals surface area contributed by atoms with E-state index in [0.717, 1.165) is 18.4 Å². The van der Waals surface area contributed by atoms with E-state index >= 15 is 0 Å². The lowest BCUT2D eigenvalue weighted by Crippen LogP contribution is -2.53. The van der Waals surface area contributed by atoms with E-state index in [2.05, 4.69) is 6.92 Å². The van der Waals surface area contributed by atoms with Crippen LogP contribution in [0.2, 0.25) is 0 Å². The quantitative estimate of drug-likeness (QED) is 0.832. The van der Waals surface area contributed by atoms with E-state index in [1.54, 1.807) is 19.1 Å². The van der Waals surface area contributed by atoms with Crippen LogP contribution in [-0.4, -0.2) is 22.0 Å². The fourth-order valence-corrected chi connectivity index (χ4v) is 4.46. The van der Waals surface area contributed by atoms with Gasteiger partial charge in [-0.05, 0) is 48.8 Å². The fraction of sp³-hybridized carbons (Fsp3) is 0.529. The van der Waals surface area contributed by atoms with Crippen LogP contribution in [0.1, 0.15) is 55.5 Å². The van der Waals surface area contributed by atoms with Crippen LogP contribution in [0.4, 0.5) is 0 Å². The van der Waals surface area contributed by atoms with Gasteiger partial charge < -0.3 is 10.2 Å². The summed E-state index contributed by atoms with van der Waals surface area (Å²) in [6.45, 7) is 3.84. The first-order chi connectivity index (χ1) is 9.79. The molecule has 1 saturated carbocycles. The molecule has 1 fully saturated rings. The number of carbonyl (C=O) groups is 2. The number of aromatic hydroxyl groups is 1. The minimum Gasteiger partial charge on any atom is -0.508 e. The van der Waals surface area contributed by atoms with Gasteiger partial charge in [-0.2, -0.15) is 0 Å². The lowest BCUT2D eigenvalue weighted by atomic mass is 9.49. The molecule has 3 unspecified atom stereocenters. The molecule has 2 aliphatic carbocycles. The monoisotopic (exact) mass is 288 g/mol. The molecule has 1 aromatic carbocycles. The van der Waals surface area contributed by atoms with Gasteiger partial charge in [0.2, 0.25) is 0 Å². The third-order valence-corrected chi connectivity index (χ3v) is 5.73. The van der Waals surface area contributed by atoms with Crippen molar-refractivity contribution >= 4 is 11.8 Å². The number of carboxylic acid groups (broad SMARTS) is 1. The summed E-state index contributed by atoms with van der Waals surface area (Å²) < 4.78 is 0. The maximum atomic E-state index is 12.4. The molecule has 2 N–H and O–H groups in total. The molecule has 0 aliphatic heterocycles. The first-order valence-electron chi connectivity index (χ1n) is 7.39. The molecule has 4 heteroatoms. The van der Waals surface area contributed by atoms with Gasteiger partial charge in [-0.15, -0.1) is 0 Å². The lowest BCUT2D eigenvalue weighted by molar-refractivity contribution is -0.156. The number of aliphatic carboxylic acids is 1. The Labute approximate surface area is 123 Å². The normalized spacial score (nSPS) is 35.0. The molecule has 0 spiro atoms. The van der Waals surface area contributed by atoms with E-state index in [0.29, 0.717) is 12.0 Å². The number of hydrogen-bond donors (Lipinski definition) is 2. The minimum absolute atomic E-state index is 0.0576. The number of benzene rings is 1. The highest BCUT2D eigenvalue weighted by molar-refractivity contribution is 6.00. The van der Waals surface area contributed by atoms with Crippen LogP contribution in [0.15, 0.2) is 18.2 Å². The van der Waals surface area contributed by atoms with Gasteiger partial charge >= 0.3 is 5.97 Å². The van der Waals surface area contributed by atoms with Crippen LogP contribution in [0, 0.1) is 11.3 Å². The Hall–Kier alpha value is -1.84. The maximum Gasteiger partial charge on any atom is 0.309 e. The average Bonchev–Trinajstić information content (AvgIpc) is 2.41. The van der Waals surface area contributed by atoms with Crippen molar-refractivity contribution in [3.05, 3.63) is 29.3 Å². The SMILES string of the molecule is CC1(C(=O)O)CCCC2(C)c3ccc(O)cc3C(=O)CC12. The Balaban J connectivity index is 2.19. The van der Waals surface area contributed by atoms with Crippen molar-refractivity contribution in [1.82, 2.24) is 0 Å². The van der Waals surface area contributed by atoms with Crippen molar-refractivity contribution in [2.45, 2.75) is 44.9 Å². The summed E-state index contributed by atoms with van der Waals surface area (Å²) in [5.74, 6) is -0.979. The van der Waals surface area contributed by atoms with E-state index in [4.69, 9.17) is 0 Å². The van der Waals surface area contributed by atoms with Crippen molar-refractivity contribution in [3.63, 3.8) is 0 Å². The molecule has 3 atom stereocenters. The summed E-state index contributed by atoms with van der Waals surface area (Å²) in [6.07, 6.45) is 2.58. The predicted molar refractivity (Wildman–Crippen MR) is 77.5 cm³/mol. The largest absolute Gasteiger partial charge is 0.508 e. The second-order valence-electron chi connectivity index (χ2n) is 6.90. The van der Waals surface area contributed by atoms with Crippen molar-refractivity contribution in [1.29, 1.82) is 0 Å². The Morgan fingerprint density at radius 1 is 1.29 bits per heavy atom. The predicted octanol–water partition coefficient (Wildman–Crippen LogP) is 3.13. The molecule has 0 bridgehead atoms. The van der Waals surface area contributed by atoms with Gasteiger partial charge in [0.25, 0.3) is 0 Å². The number of hydrogen-bond acceptors (Lipinski definition) is 3. The van der Waals surface area contributed by atoms with Gasteiger partial charge in [-0.1, -0.05) is 19.4 Å². The molecule has 1 aromatic rings. The maximum absolute atomic E-state index is 12.4. The number of fused-ring (bicyclic) bond motifs is 3. The van der Waals surface area contributed by atoms with Crippen LogP contribution in [-0.2, 0) is 10.2 Å². The van der Waals surface area contributed by atoms with Gasteiger partial charge in [0.1, 0.15) is 5.75 Å². The van der Waals surface area contributed by atoms with Crippen LogP contribution in [0.5, 0.6) is 5.75 Å². The van der Waals surface area contributed by atoms with Gasteiger partial charge in [0, 0.05) is 12.0 Å². The number of carboxylic acids is 1. The summed E-state index contributed by atoms with van der Waals surface area (Å²) in [5, 5.41) is 19.3. The molecule has 4 nitrogen and oxygen atoms in total. The summed E-state index contributed by atoms with van der Waals surface area (Å²) in [6, 6.07) is 4.90. The number of phenolic OH excluding ortho intramolecular Hbond substituents is 1. The number of carbonyl (C=O) groups excluding carboxylic acids is 1. The van der Waals surface area contributed by atoms with Crippen LogP contribution >= 0.6 is 0 Å². The zero-order valence-corrected chi connectivity index (χ0v) is 12.3. The number of rotatable bonds is 1. The molecular formula is C17H20O4. The molecule has 3 rings (SSSR count). The smallest absolute Gasteiger partial charge is 0.309 e. The Bertz CT molecular complexity index is 636. The summed E-state index contributed by atoms with van der Waals surface area (Å²) in [4.78, 5) is 24.2. The third-order valence-electron chi connectivity index (χ3n) is 5.73. The third kappa shape index (κ3) is 1.81. The average molecular weight is 288 g/mol. The van der Waals surface area contributed by atoms with E-state index < -0.39 is 11.4 Å². The highest BCUT2D eigenvalue weighted by Crippen LogP contribution is 2.57. The van der Waals surface area contributed by atoms with Crippen molar-refractivity contribution in [2.75, 3.05) is 0 Å². The number of Topliss-reactive ketones (excluding diaryl/α,β-unsaturated/α-hetero) is 1. The topological polar surface area (TPSA) is 74.6 Å². The molecular weight excluding hydrogens is 268 g/mol. The van der Waals surface area contributed by atoms with Crippen molar-refractivity contribution < 1.29 is 19.8 Å². The Kier molecular flexibility index (Phi) is 2.91.